The first-order valence-corrected chi connectivity index (χ1v) is 6.84. The number of allylic oxidation sites excluding steroid dienone is 2. The molecule has 0 amide bonds. The predicted octanol–water partition coefficient (Wildman–Crippen LogP) is 4.48. The van der Waals surface area contributed by atoms with E-state index in [1.54, 1.807) is 0 Å². The molecule has 0 aromatic rings. The van der Waals surface area contributed by atoms with Gasteiger partial charge in [-0.3, -0.25) is 0 Å². The number of halogens is 5. The molecule has 0 aromatic heterocycles. The first kappa shape index (κ1) is 11.9. The van der Waals surface area contributed by atoms with Crippen LogP contribution >= 0.6 is 79.6 Å². The molecule has 1 unspecified atom stereocenters. The summed E-state index contributed by atoms with van der Waals surface area (Å²) < 4.78 is 2.31. The van der Waals surface area contributed by atoms with Crippen molar-refractivity contribution >= 4 is 79.6 Å². The number of alkyl halides is 1. The van der Waals surface area contributed by atoms with E-state index in [1.165, 1.54) is 0 Å². The Bertz CT molecular complexity index is 278. The van der Waals surface area contributed by atoms with Crippen LogP contribution in [0.25, 0.3) is 0 Å². The average Bonchev–Trinajstić information content (AvgIpc) is 1.97. The summed E-state index contributed by atoms with van der Waals surface area (Å²) in [5.41, 5.74) is 0. The van der Waals surface area contributed by atoms with Crippen LogP contribution in [0.15, 0.2) is 17.9 Å². The highest BCUT2D eigenvalue weighted by Crippen LogP contribution is 2.49. The lowest BCUT2D eigenvalue weighted by atomic mass is 10.1. The Kier molecular flexibility index (Phi) is 4.11. The molecule has 0 spiro atoms. The van der Waals surface area contributed by atoms with E-state index in [-0.39, 0.29) is 0 Å². The molecule has 0 fully saturated rings. The lowest BCUT2D eigenvalue weighted by molar-refractivity contribution is 0.193. The Morgan fingerprint density at radius 1 is 1.08 bits per heavy atom. The summed E-state index contributed by atoms with van der Waals surface area (Å²) in [5, 5.41) is 9.80. The second-order valence-electron chi connectivity index (χ2n) is 2.28. The summed E-state index contributed by atoms with van der Waals surface area (Å²) in [5.74, 6) is 0. The van der Waals surface area contributed by atoms with Gasteiger partial charge in [0.25, 0.3) is 0 Å². The van der Waals surface area contributed by atoms with Gasteiger partial charge >= 0.3 is 0 Å². The third-order valence-electron chi connectivity index (χ3n) is 1.35. The normalized spacial score (nSPS) is 31.5. The van der Waals surface area contributed by atoms with Crippen LogP contribution in [0.1, 0.15) is 6.42 Å². The van der Waals surface area contributed by atoms with Gasteiger partial charge in [-0.2, -0.15) is 0 Å². The Morgan fingerprint density at radius 2 is 1.58 bits per heavy atom. The highest BCUT2D eigenvalue weighted by atomic mass is 79.9. The molecule has 68 valence electrons. The second-order valence-corrected chi connectivity index (χ2v) is 6.93. The summed E-state index contributed by atoms with van der Waals surface area (Å²) >= 11 is 16.6. The highest BCUT2D eigenvalue weighted by molar-refractivity contribution is 9.17. The summed E-state index contributed by atoms with van der Waals surface area (Å²) in [6.07, 6.45) is 0.489. The van der Waals surface area contributed by atoms with E-state index < -0.39 is 4.51 Å². The van der Waals surface area contributed by atoms with E-state index in [0.717, 1.165) is 13.4 Å². The van der Waals surface area contributed by atoms with Crippen LogP contribution in [-0.2, 0) is 0 Å². The minimum Gasteiger partial charge on any atom is -0.374 e. The second kappa shape index (κ2) is 4.14. The van der Waals surface area contributed by atoms with Crippen molar-refractivity contribution in [3.63, 3.8) is 0 Å². The molecule has 0 bridgehead atoms. The molecular formula is C6H3Br5O. The Morgan fingerprint density at radius 3 is 2.08 bits per heavy atom. The largest absolute Gasteiger partial charge is 0.374 e. The van der Waals surface area contributed by atoms with Crippen LogP contribution < -0.4 is 0 Å². The molecular weight excluding hydrogens is 488 g/mol. The van der Waals surface area contributed by atoms with E-state index in [0.29, 0.717) is 10.9 Å². The predicted molar refractivity (Wildman–Crippen MR) is 68.3 cm³/mol. The quantitative estimate of drug-likeness (QED) is 0.497. The molecule has 6 heteroatoms. The zero-order valence-corrected chi connectivity index (χ0v) is 13.5. The fraction of sp³-hybridized carbons (Fsp3) is 0.333. The zero-order chi connectivity index (χ0) is 9.52. The van der Waals surface area contributed by atoms with Crippen molar-refractivity contribution in [2.75, 3.05) is 0 Å². The molecule has 0 radical (unpaired) electrons. The topological polar surface area (TPSA) is 20.2 Å². The van der Waals surface area contributed by atoms with Crippen LogP contribution in [0.4, 0.5) is 0 Å². The molecule has 0 saturated carbocycles. The fourth-order valence-electron chi connectivity index (χ4n) is 0.744. The monoisotopic (exact) mass is 486 g/mol. The van der Waals surface area contributed by atoms with Gasteiger partial charge in [0.15, 0.2) is 4.51 Å². The van der Waals surface area contributed by atoms with Gasteiger partial charge in [-0.1, -0.05) is 31.9 Å². The van der Waals surface area contributed by atoms with E-state index in [4.69, 9.17) is 0 Å². The molecule has 0 saturated heterocycles. The molecule has 0 aliphatic heterocycles. The molecule has 0 heterocycles. The van der Waals surface area contributed by atoms with Crippen molar-refractivity contribution in [1.29, 1.82) is 0 Å². The van der Waals surface area contributed by atoms with E-state index in [2.05, 4.69) is 79.6 Å². The lowest BCUT2D eigenvalue weighted by Crippen LogP contribution is -2.23. The van der Waals surface area contributed by atoms with Crippen LogP contribution in [0.5, 0.6) is 0 Å². The number of hydrogen-bond donors (Lipinski definition) is 1. The van der Waals surface area contributed by atoms with Gasteiger partial charge < -0.3 is 5.11 Å². The van der Waals surface area contributed by atoms with Gasteiger partial charge in [0.1, 0.15) is 0 Å². The smallest absolute Gasteiger partial charge is 0.157 e. The van der Waals surface area contributed by atoms with Crippen molar-refractivity contribution in [2.45, 2.75) is 10.9 Å². The minimum atomic E-state index is -1.01. The first-order chi connectivity index (χ1) is 5.36. The SMILES string of the molecule is OC1(Br)CC(Br)=C(Br)C(Br)=C1Br. The maximum Gasteiger partial charge on any atom is 0.157 e. The molecule has 1 N–H and O–H groups in total. The van der Waals surface area contributed by atoms with Gasteiger partial charge in [0.2, 0.25) is 0 Å². The molecule has 1 atom stereocenters. The molecule has 0 aromatic carbocycles. The van der Waals surface area contributed by atoms with Crippen LogP contribution in [0, 0.1) is 0 Å². The van der Waals surface area contributed by atoms with Gasteiger partial charge in [-0.15, -0.1) is 0 Å². The lowest BCUT2D eigenvalue weighted by Gasteiger charge is -2.26. The third-order valence-corrected chi connectivity index (χ3v) is 7.55. The van der Waals surface area contributed by atoms with Crippen molar-refractivity contribution in [1.82, 2.24) is 0 Å². The summed E-state index contributed by atoms with van der Waals surface area (Å²) in [6, 6.07) is 0. The molecule has 12 heavy (non-hydrogen) atoms. The maximum atomic E-state index is 9.80. The molecule has 1 aliphatic carbocycles. The number of rotatable bonds is 0. The molecule has 1 rings (SSSR count). The van der Waals surface area contributed by atoms with Crippen LogP contribution in [-0.4, -0.2) is 9.62 Å². The zero-order valence-electron chi connectivity index (χ0n) is 5.54. The van der Waals surface area contributed by atoms with E-state index in [9.17, 15) is 5.11 Å². The Hall–Kier alpha value is 1.84. The number of hydrogen-bond acceptors (Lipinski definition) is 1. The molecule has 1 aliphatic rings. The van der Waals surface area contributed by atoms with Gasteiger partial charge in [0.05, 0.1) is 4.48 Å². The highest BCUT2D eigenvalue weighted by Gasteiger charge is 2.35. The van der Waals surface area contributed by atoms with Gasteiger partial charge in [0, 0.05) is 19.9 Å². The van der Waals surface area contributed by atoms with Crippen molar-refractivity contribution in [2.24, 2.45) is 0 Å². The van der Waals surface area contributed by atoms with Crippen LogP contribution in [0.3, 0.4) is 0 Å². The Labute approximate surface area is 112 Å². The number of aliphatic hydroxyl groups is 1. The van der Waals surface area contributed by atoms with Crippen LogP contribution in [0.2, 0.25) is 0 Å². The third kappa shape index (κ3) is 2.25. The summed E-state index contributed by atoms with van der Waals surface area (Å²) in [7, 11) is 0. The van der Waals surface area contributed by atoms with E-state index >= 15 is 0 Å². The minimum absolute atomic E-state index is 0.489. The Balaban J connectivity index is 3.20. The average molecular weight is 491 g/mol. The van der Waals surface area contributed by atoms with Gasteiger partial charge in [-0.25, -0.2) is 0 Å². The van der Waals surface area contributed by atoms with Crippen molar-refractivity contribution in [3.8, 4) is 0 Å². The maximum absolute atomic E-state index is 9.80. The summed E-state index contributed by atoms with van der Waals surface area (Å²) in [6.45, 7) is 0. The van der Waals surface area contributed by atoms with Crippen molar-refractivity contribution in [3.05, 3.63) is 17.9 Å². The molecule has 1 nitrogen and oxygen atoms in total. The van der Waals surface area contributed by atoms with Gasteiger partial charge in [-0.05, 0) is 47.8 Å². The standard InChI is InChI=1S/C6H3Br5O/c7-2-1-6(11,12)5(10)4(9)3(2)8/h12H,1H2. The summed E-state index contributed by atoms with van der Waals surface area (Å²) in [4.78, 5) is 0. The first-order valence-electron chi connectivity index (χ1n) is 2.88. The van der Waals surface area contributed by atoms with E-state index in [1.807, 2.05) is 0 Å². The fourth-order valence-corrected chi connectivity index (χ4v) is 4.25. The van der Waals surface area contributed by atoms with Crippen molar-refractivity contribution < 1.29 is 5.11 Å².